The maximum Gasteiger partial charge on any atom is 0.325 e. The van der Waals surface area contributed by atoms with Gasteiger partial charge in [-0.25, -0.2) is 4.79 Å². The summed E-state index contributed by atoms with van der Waals surface area (Å²) in [5.41, 5.74) is -0.384. The van der Waals surface area contributed by atoms with E-state index in [0.717, 1.165) is 0 Å². The number of aryl methyl sites for hydroxylation is 1. The van der Waals surface area contributed by atoms with Gasteiger partial charge < -0.3 is 10.1 Å². The molecule has 0 saturated carbocycles. The first-order chi connectivity index (χ1) is 9.38. The van der Waals surface area contributed by atoms with E-state index < -0.39 is 27.6 Å². The highest BCUT2D eigenvalue weighted by atomic mass is 16.6. The molecule has 1 aromatic carbocycles. The number of nitro groups is 1. The van der Waals surface area contributed by atoms with Crippen LogP contribution in [-0.2, 0) is 6.42 Å². The zero-order valence-electron chi connectivity index (χ0n) is 10.5. The molecule has 0 bridgehead atoms. The van der Waals surface area contributed by atoms with Crippen molar-refractivity contribution in [1.29, 1.82) is 0 Å². The summed E-state index contributed by atoms with van der Waals surface area (Å²) in [6, 6.07) is 3.87. The molecule has 0 atom stereocenters. The van der Waals surface area contributed by atoms with Gasteiger partial charge in [-0.1, -0.05) is 6.07 Å². The van der Waals surface area contributed by atoms with E-state index >= 15 is 0 Å². The van der Waals surface area contributed by atoms with Crippen molar-refractivity contribution in [3.8, 4) is 5.75 Å². The van der Waals surface area contributed by atoms with Crippen molar-refractivity contribution in [2.75, 3.05) is 0 Å². The van der Waals surface area contributed by atoms with Crippen LogP contribution in [0, 0.1) is 17.0 Å². The smallest absolute Gasteiger partial charge is 0.325 e. The van der Waals surface area contributed by atoms with Crippen LogP contribution in [0.5, 0.6) is 5.75 Å². The van der Waals surface area contributed by atoms with Gasteiger partial charge in [-0.3, -0.25) is 19.9 Å². The number of hydrogen-bond donors (Lipinski definition) is 3. The monoisotopic (exact) mass is 277 g/mol. The van der Waals surface area contributed by atoms with Gasteiger partial charge in [-0.2, -0.15) is 0 Å². The number of aromatic nitrogens is 2. The first kappa shape index (κ1) is 13.5. The number of hydrogen-bond acceptors (Lipinski definition) is 5. The highest BCUT2D eigenvalue weighted by Crippen LogP contribution is 2.27. The molecule has 0 spiro atoms. The summed E-state index contributed by atoms with van der Waals surface area (Å²) in [5, 5.41) is 20.1. The Morgan fingerprint density at radius 1 is 1.30 bits per heavy atom. The molecule has 2 aromatic rings. The van der Waals surface area contributed by atoms with E-state index in [9.17, 15) is 24.8 Å². The quantitative estimate of drug-likeness (QED) is 0.558. The minimum Gasteiger partial charge on any atom is -0.502 e. The lowest BCUT2D eigenvalue weighted by atomic mass is 10.0. The molecule has 0 aliphatic heterocycles. The van der Waals surface area contributed by atoms with E-state index in [0.29, 0.717) is 16.8 Å². The van der Waals surface area contributed by atoms with Crippen LogP contribution in [0.2, 0.25) is 0 Å². The minimum atomic E-state index is -0.706. The SMILES string of the molecule is Cc1[nH]c(=O)[nH]c(=O)c1Cc1ccc(O)c([N+](=O)[O-])c1. The average molecular weight is 277 g/mol. The second kappa shape index (κ2) is 5.00. The molecule has 0 unspecified atom stereocenters. The van der Waals surface area contributed by atoms with Crippen LogP contribution < -0.4 is 11.2 Å². The largest absolute Gasteiger partial charge is 0.502 e. The van der Waals surface area contributed by atoms with Crippen molar-refractivity contribution in [1.82, 2.24) is 9.97 Å². The predicted octanol–water partition coefficient (Wildman–Crippen LogP) is 0.576. The fourth-order valence-electron chi connectivity index (χ4n) is 1.87. The summed E-state index contributed by atoms with van der Waals surface area (Å²) in [6.07, 6.45) is 0.110. The average Bonchev–Trinajstić information content (AvgIpc) is 2.35. The number of phenolic OH excluding ortho intramolecular Hbond substituents is 1. The van der Waals surface area contributed by atoms with E-state index in [1.165, 1.54) is 18.2 Å². The van der Waals surface area contributed by atoms with Gasteiger partial charge >= 0.3 is 11.4 Å². The summed E-state index contributed by atoms with van der Waals surface area (Å²) >= 11 is 0. The summed E-state index contributed by atoms with van der Waals surface area (Å²) in [6.45, 7) is 1.57. The van der Waals surface area contributed by atoms with Crippen LogP contribution in [-0.4, -0.2) is 20.0 Å². The number of aromatic amines is 2. The van der Waals surface area contributed by atoms with Gasteiger partial charge in [-0.05, 0) is 18.6 Å². The number of rotatable bonds is 3. The van der Waals surface area contributed by atoms with E-state index in [4.69, 9.17) is 0 Å². The molecule has 8 nitrogen and oxygen atoms in total. The summed E-state index contributed by atoms with van der Waals surface area (Å²) in [7, 11) is 0. The first-order valence-electron chi connectivity index (χ1n) is 5.67. The summed E-state index contributed by atoms with van der Waals surface area (Å²) < 4.78 is 0. The van der Waals surface area contributed by atoms with Gasteiger partial charge in [0.15, 0.2) is 5.75 Å². The van der Waals surface area contributed by atoms with Gasteiger partial charge in [0.05, 0.1) is 4.92 Å². The van der Waals surface area contributed by atoms with E-state index in [-0.39, 0.29) is 6.42 Å². The van der Waals surface area contributed by atoms with Crippen molar-refractivity contribution < 1.29 is 10.0 Å². The lowest BCUT2D eigenvalue weighted by Gasteiger charge is -2.05. The standard InChI is InChI=1S/C12H11N3O5/c1-6-8(11(17)14-12(18)13-6)4-7-2-3-10(16)9(5-7)15(19)20/h2-3,5,16H,4H2,1H3,(H2,13,14,17,18). The molecule has 104 valence electrons. The normalized spacial score (nSPS) is 10.4. The Hall–Kier alpha value is -2.90. The Bertz CT molecular complexity index is 790. The highest BCUT2D eigenvalue weighted by Gasteiger charge is 2.15. The number of benzene rings is 1. The Labute approximate surface area is 111 Å². The summed E-state index contributed by atoms with van der Waals surface area (Å²) in [5.74, 6) is -0.439. The van der Waals surface area contributed by atoms with Crippen molar-refractivity contribution in [3.63, 3.8) is 0 Å². The molecular weight excluding hydrogens is 266 g/mol. The molecule has 2 rings (SSSR count). The number of nitro benzene ring substituents is 1. The van der Waals surface area contributed by atoms with Gasteiger partial charge in [0, 0.05) is 23.7 Å². The maximum absolute atomic E-state index is 11.7. The Balaban J connectivity index is 2.46. The second-order valence-corrected chi connectivity index (χ2v) is 4.27. The second-order valence-electron chi connectivity index (χ2n) is 4.27. The molecule has 3 N–H and O–H groups in total. The zero-order chi connectivity index (χ0) is 14.9. The van der Waals surface area contributed by atoms with Crippen molar-refractivity contribution in [2.45, 2.75) is 13.3 Å². The fourth-order valence-corrected chi connectivity index (χ4v) is 1.87. The lowest BCUT2D eigenvalue weighted by Crippen LogP contribution is -2.27. The van der Waals surface area contributed by atoms with Crippen molar-refractivity contribution in [2.24, 2.45) is 0 Å². The fraction of sp³-hybridized carbons (Fsp3) is 0.167. The lowest BCUT2D eigenvalue weighted by molar-refractivity contribution is -0.385. The molecule has 8 heteroatoms. The zero-order valence-corrected chi connectivity index (χ0v) is 10.5. The predicted molar refractivity (Wildman–Crippen MR) is 70.0 cm³/mol. The van der Waals surface area contributed by atoms with Crippen LogP contribution in [0.3, 0.4) is 0 Å². The maximum atomic E-state index is 11.7. The molecule has 20 heavy (non-hydrogen) atoms. The molecule has 1 aromatic heterocycles. The molecule has 0 fully saturated rings. The van der Waals surface area contributed by atoms with E-state index in [2.05, 4.69) is 9.97 Å². The van der Waals surface area contributed by atoms with Crippen LogP contribution in [0.4, 0.5) is 5.69 Å². The highest BCUT2D eigenvalue weighted by molar-refractivity contribution is 5.48. The van der Waals surface area contributed by atoms with Crippen molar-refractivity contribution in [3.05, 3.63) is 66.0 Å². The Morgan fingerprint density at radius 2 is 2.00 bits per heavy atom. The van der Waals surface area contributed by atoms with Gasteiger partial charge in [0.1, 0.15) is 0 Å². The molecule has 0 saturated heterocycles. The Morgan fingerprint density at radius 3 is 2.60 bits per heavy atom. The number of nitrogens with zero attached hydrogens (tertiary/aromatic N) is 1. The molecule has 0 amide bonds. The number of nitrogens with one attached hydrogen (secondary N) is 2. The number of phenols is 1. The molecule has 0 radical (unpaired) electrons. The first-order valence-corrected chi connectivity index (χ1v) is 5.67. The van der Waals surface area contributed by atoms with Gasteiger partial charge in [0.2, 0.25) is 0 Å². The topological polar surface area (TPSA) is 129 Å². The number of H-pyrrole nitrogens is 2. The van der Waals surface area contributed by atoms with Crippen LogP contribution in [0.1, 0.15) is 16.8 Å². The third-order valence-electron chi connectivity index (χ3n) is 2.87. The number of aromatic hydroxyl groups is 1. The van der Waals surface area contributed by atoms with E-state index in [1.54, 1.807) is 6.92 Å². The van der Waals surface area contributed by atoms with Crippen LogP contribution >= 0.6 is 0 Å². The molecule has 1 heterocycles. The van der Waals surface area contributed by atoms with Gasteiger partial charge in [-0.15, -0.1) is 0 Å². The van der Waals surface area contributed by atoms with Gasteiger partial charge in [0.25, 0.3) is 5.56 Å². The van der Waals surface area contributed by atoms with Crippen molar-refractivity contribution >= 4 is 5.69 Å². The Kier molecular flexibility index (Phi) is 3.38. The summed E-state index contributed by atoms with van der Waals surface area (Å²) in [4.78, 5) is 37.3. The third kappa shape index (κ3) is 2.58. The minimum absolute atomic E-state index is 0.110. The van der Waals surface area contributed by atoms with Crippen LogP contribution in [0.25, 0.3) is 0 Å². The molecule has 0 aliphatic carbocycles. The van der Waals surface area contributed by atoms with Crippen LogP contribution in [0.15, 0.2) is 27.8 Å². The van der Waals surface area contributed by atoms with E-state index in [1.807, 2.05) is 0 Å². The molecule has 0 aliphatic rings. The molecular formula is C12H11N3O5. The third-order valence-corrected chi connectivity index (χ3v) is 2.87.